The maximum atomic E-state index is 12.0. The van der Waals surface area contributed by atoms with Gasteiger partial charge in [0.25, 0.3) is 5.91 Å². The highest BCUT2D eigenvalue weighted by Gasteiger charge is 2.12. The lowest BCUT2D eigenvalue weighted by Crippen LogP contribution is -2.29. The molecule has 6 heteroatoms. The quantitative estimate of drug-likeness (QED) is 0.362. The van der Waals surface area contributed by atoms with Crippen molar-refractivity contribution in [2.24, 2.45) is 0 Å². The molecule has 2 N–H and O–H groups in total. The predicted molar refractivity (Wildman–Crippen MR) is 103 cm³/mol. The van der Waals surface area contributed by atoms with Gasteiger partial charge in [-0.1, -0.05) is 36.4 Å². The van der Waals surface area contributed by atoms with E-state index >= 15 is 0 Å². The molecule has 0 aliphatic rings. The van der Waals surface area contributed by atoms with Crippen LogP contribution in [-0.2, 0) is 9.53 Å². The van der Waals surface area contributed by atoms with Crippen molar-refractivity contribution < 1.29 is 14.3 Å². The van der Waals surface area contributed by atoms with Crippen molar-refractivity contribution in [3.8, 4) is 0 Å². The molecular formula is C20H20N2O3S. The molecule has 0 saturated carbocycles. The minimum Gasteiger partial charge on any atom is -0.451 e. The summed E-state index contributed by atoms with van der Waals surface area (Å²) >= 11 is 1.75. The number of nitrogens with one attached hydrogen (secondary N) is 2. The van der Waals surface area contributed by atoms with Crippen LogP contribution in [0.5, 0.6) is 0 Å². The number of hydrogen-bond acceptors (Lipinski definition) is 4. The Labute approximate surface area is 156 Å². The molecule has 0 aliphatic carbocycles. The molecule has 134 valence electrons. The van der Waals surface area contributed by atoms with Gasteiger partial charge in [-0.05, 0) is 36.4 Å². The number of amides is 1. The number of para-hydroxylation sites is 1. The molecule has 0 aliphatic heterocycles. The van der Waals surface area contributed by atoms with Crippen LogP contribution < -0.4 is 5.32 Å². The van der Waals surface area contributed by atoms with Crippen LogP contribution in [0.2, 0.25) is 0 Å². The van der Waals surface area contributed by atoms with Crippen molar-refractivity contribution in [2.75, 3.05) is 18.9 Å². The van der Waals surface area contributed by atoms with Gasteiger partial charge in [0.1, 0.15) is 5.69 Å². The fraction of sp³-hybridized carbons (Fsp3) is 0.200. The maximum absolute atomic E-state index is 12.0. The van der Waals surface area contributed by atoms with Crippen LogP contribution in [-0.4, -0.2) is 35.8 Å². The number of thioether (sulfide) groups is 1. The molecule has 26 heavy (non-hydrogen) atoms. The Morgan fingerprint density at radius 2 is 1.81 bits per heavy atom. The minimum atomic E-state index is -0.531. The van der Waals surface area contributed by atoms with Gasteiger partial charge in [0, 0.05) is 22.3 Å². The molecule has 0 bridgehead atoms. The van der Waals surface area contributed by atoms with Gasteiger partial charge in [-0.3, -0.25) is 4.79 Å². The highest BCUT2D eigenvalue weighted by atomic mass is 32.2. The smallest absolute Gasteiger partial charge is 0.355 e. The fourth-order valence-electron chi connectivity index (χ4n) is 2.45. The Morgan fingerprint density at radius 1 is 1.04 bits per heavy atom. The van der Waals surface area contributed by atoms with E-state index in [4.69, 9.17) is 4.74 Å². The molecule has 1 amide bonds. The number of carbonyl (C=O) groups excluding carboxylic acids is 2. The summed E-state index contributed by atoms with van der Waals surface area (Å²) in [5.74, 6) is 0.0919. The number of esters is 1. The van der Waals surface area contributed by atoms with Crippen LogP contribution >= 0.6 is 11.8 Å². The number of carbonyl (C=O) groups is 2. The molecule has 5 nitrogen and oxygen atoms in total. The second-order valence-electron chi connectivity index (χ2n) is 5.71. The number of H-pyrrole nitrogens is 1. The lowest BCUT2D eigenvalue weighted by molar-refractivity contribution is -0.124. The van der Waals surface area contributed by atoms with E-state index in [1.807, 2.05) is 42.5 Å². The number of rotatable bonds is 8. The summed E-state index contributed by atoms with van der Waals surface area (Å²) in [6, 6.07) is 19.4. The fourth-order valence-corrected chi connectivity index (χ4v) is 3.32. The van der Waals surface area contributed by atoms with Crippen LogP contribution in [0.1, 0.15) is 16.9 Å². The molecule has 0 saturated heterocycles. The summed E-state index contributed by atoms with van der Waals surface area (Å²) in [7, 11) is 0. The van der Waals surface area contributed by atoms with Crippen LogP contribution in [0.4, 0.5) is 0 Å². The summed E-state index contributed by atoms with van der Waals surface area (Å²) in [6.07, 6.45) is 0.848. The third-order valence-electron chi connectivity index (χ3n) is 3.74. The van der Waals surface area contributed by atoms with Gasteiger partial charge in [0.05, 0.1) is 0 Å². The van der Waals surface area contributed by atoms with Crippen LogP contribution in [0.3, 0.4) is 0 Å². The van der Waals surface area contributed by atoms with Crippen molar-refractivity contribution in [1.82, 2.24) is 10.3 Å². The topological polar surface area (TPSA) is 71.2 Å². The van der Waals surface area contributed by atoms with E-state index in [1.54, 1.807) is 17.8 Å². The van der Waals surface area contributed by atoms with Crippen molar-refractivity contribution >= 4 is 34.5 Å². The van der Waals surface area contributed by atoms with Crippen molar-refractivity contribution in [2.45, 2.75) is 11.3 Å². The summed E-state index contributed by atoms with van der Waals surface area (Å²) < 4.78 is 5.06. The van der Waals surface area contributed by atoms with Gasteiger partial charge in [0.15, 0.2) is 6.61 Å². The Bertz CT molecular complexity index is 844. The molecule has 0 unspecified atom stereocenters. The van der Waals surface area contributed by atoms with Gasteiger partial charge in [-0.25, -0.2) is 4.79 Å². The zero-order valence-corrected chi connectivity index (χ0v) is 15.1. The second kappa shape index (κ2) is 9.10. The van der Waals surface area contributed by atoms with Crippen LogP contribution in [0.15, 0.2) is 65.6 Å². The van der Waals surface area contributed by atoms with Gasteiger partial charge in [-0.2, -0.15) is 0 Å². The number of hydrogen-bond donors (Lipinski definition) is 2. The first kappa shape index (κ1) is 18.1. The molecule has 0 fully saturated rings. The second-order valence-corrected chi connectivity index (χ2v) is 6.88. The average Bonchev–Trinajstić information content (AvgIpc) is 3.11. The van der Waals surface area contributed by atoms with E-state index in [9.17, 15) is 9.59 Å². The molecule has 1 heterocycles. The van der Waals surface area contributed by atoms with E-state index in [1.165, 1.54) is 4.90 Å². The van der Waals surface area contributed by atoms with Gasteiger partial charge in [-0.15, -0.1) is 11.8 Å². The molecular weight excluding hydrogens is 348 g/mol. The maximum Gasteiger partial charge on any atom is 0.355 e. The standard InChI is InChI=1S/C20H20N2O3S/c23-19(21-11-6-12-26-16-8-2-1-3-9-16)14-25-20(24)18-13-15-7-4-5-10-17(15)22-18/h1-5,7-10,13,22H,6,11-12,14H2,(H,21,23). The van der Waals surface area contributed by atoms with Gasteiger partial charge < -0.3 is 15.0 Å². The van der Waals surface area contributed by atoms with E-state index in [2.05, 4.69) is 22.4 Å². The summed E-state index contributed by atoms with van der Waals surface area (Å²) in [5, 5.41) is 3.69. The van der Waals surface area contributed by atoms with Gasteiger partial charge in [0.2, 0.25) is 0 Å². The molecule has 0 spiro atoms. The number of fused-ring (bicyclic) bond motifs is 1. The lowest BCUT2D eigenvalue weighted by Gasteiger charge is -2.06. The van der Waals surface area contributed by atoms with E-state index < -0.39 is 5.97 Å². The van der Waals surface area contributed by atoms with Crippen LogP contribution in [0, 0.1) is 0 Å². The molecule has 0 atom stereocenters. The number of benzene rings is 2. The first-order chi connectivity index (χ1) is 12.7. The largest absolute Gasteiger partial charge is 0.451 e. The number of ether oxygens (including phenoxy) is 1. The highest BCUT2D eigenvalue weighted by Crippen LogP contribution is 2.17. The number of aromatic amines is 1. The SMILES string of the molecule is O=C(COC(=O)c1cc2ccccc2[nH]1)NCCCSc1ccccc1. The van der Waals surface area contributed by atoms with Crippen molar-refractivity contribution in [3.05, 3.63) is 66.4 Å². The van der Waals surface area contributed by atoms with E-state index in [-0.39, 0.29) is 12.5 Å². The normalized spacial score (nSPS) is 10.6. The molecule has 3 aromatic rings. The van der Waals surface area contributed by atoms with Gasteiger partial charge >= 0.3 is 5.97 Å². The third kappa shape index (κ3) is 5.13. The predicted octanol–water partition coefficient (Wildman–Crippen LogP) is 3.62. The average molecular weight is 368 g/mol. The van der Waals surface area contributed by atoms with E-state index in [0.29, 0.717) is 12.2 Å². The molecule has 1 aromatic heterocycles. The summed E-state index contributed by atoms with van der Waals surface area (Å²) in [4.78, 5) is 28.0. The summed E-state index contributed by atoms with van der Waals surface area (Å²) in [6.45, 7) is 0.280. The first-order valence-electron chi connectivity index (χ1n) is 8.42. The van der Waals surface area contributed by atoms with E-state index in [0.717, 1.165) is 23.1 Å². The Balaban J connectivity index is 1.34. The zero-order chi connectivity index (χ0) is 18.2. The molecule has 3 rings (SSSR count). The zero-order valence-electron chi connectivity index (χ0n) is 14.2. The van der Waals surface area contributed by atoms with Crippen LogP contribution in [0.25, 0.3) is 10.9 Å². The van der Waals surface area contributed by atoms with Crippen molar-refractivity contribution in [3.63, 3.8) is 0 Å². The highest BCUT2D eigenvalue weighted by molar-refractivity contribution is 7.99. The molecule has 2 aromatic carbocycles. The monoisotopic (exact) mass is 368 g/mol. The minimum absolute atomic E-state index is 0.278. The lowest BCUT2D eigenvalue weighted by atomic mass is 10.2. The Kier molecular flexibility index (Phi) is 6.33. The number of aromatic nitrogens is 1. The third-order valence-corrected chi connectivity index (χ3v) is 4.84. The molecule has 0 radical (unpaired) electrons. The first-order valence-corrected chi connectivity index (χ1v) is 9.40. The van der Waals surface area contributed by atoms with Crippen molar-refractivity contribution in [1.29, 1.82) is 0 Å². The Morgan fingerprint density at radius 3 is 2.62 bits per heavy atom. The Hall–Kier alpha value is -2.73. The summed E-state index contributed by atoms with van der Waals surface area (Å²) in [5.41, 5.74) is 1.21.